The Labute approximate surface area is 177 Å². The van der Waals surface area contributed by atoms with Crippen molar-refractivity contribution in [1.82, 2.24) is 0 Å². The Morgan fingerprint density at radius 1 is 1.07 bits per heavy atom. The molecule has 0 unspecified atom stereocenters. The summed E-state index contributed by atoms with van der Waals surface area (Å²) in [4.78, 5) is 24.2. The fourth-order valence-corrected chi connectivity index (χ4v) is 2.58. The quantitative estimate of drug-likeness (QED) is 0.442. The molecule has 160 valence electrons. The van der Waals surface area contributed by atoms with Gasteiger partial charge in [-0.25, -0.2) is 4.79 Å². The van der Waals surface area contributed by atoms with Crippen molar-refractivity contribution in [2.75, 3.05) is 25.6 Å². The van der Waals surface area contributed by atoms with Crippen LogP contribution in [0, 0.1) is 5.92 Å². The van der Waals surface area contributed by atoms with Crippen molar-refractivity contribution in [3.05, 3.63) is 59.7 Å². The van der Waals surface area contributed by atoms with Crippen molar-refractivity contribution in [2.24, 2.45) is 5.92 Å². The molecule has 6 heteroatoms. The molecule has 1 amide bonds. The first-order valence-electron chi connectivity index (χ1n) is 10.00. The Morgan fingerprint density at radius 2 is 1.80 bits per heavy atom. The molecule has 2 aromatic rings. The molecular formula is C24H29NO5. The van der Waals surface area contributed by atoms with Gasteiger partial charge in [-0.05, 0) is 67.3 Å². The van der Waals surface area contributed by atoms with Crippen LogP contribution in [0.3, 0.4) is 0 Å². The number of hydrogen-bond donors (Lipinski definition) is 1. The third kappa shape index (κ3) is 7.28. The minimum Gasteiger partial charge on any atom is -0.493 e. The molecular weight excluding hydrogens is 382 g/mol. The highest BCUT2D eigenvalue weighted by Crippen LogP contribution is 2.28. The van der Waals surface area contributed by atoms with Gasteiger partial charge in [0.1, 0.15) is 0 Å². The van der Waals surface area contributed by atoms with Gasteiger partial charge in [-0.1, -0.05) is 19.9 Å². The van der Waals surface area contributed by atoms with E-state index in [2.05, 4.69) is 19.2 Å². The summed E-state index contributed by atoms with van der Waals surface area (Å²) in [5.41, 5.74) is 1.85. The van der Waals surface area contributed by atoms with Gasteiger partial charge in [-0.3, -0.25) is 4.79 Å². The summed E-state index contributed by atoms with van der Waals surface area (Å²) in [5, 5.41) is 2.76. The monoisotopic (exact) mass is 411 g/mol. The topological polar surface area (TPSA) is 73.9 Å². The van der Waals surface area contributed by atoms with Gasteiger partial charge in [0.05, 0.1) is 25.9 Å². The molecule has 0 saturated carbocycles. The average Bonchev–Trinajstić information content (AvgIpc) is 2.73. The number of anilines is 1. The highest BCUT2D eigenvalue weighted by molar-refractivity contribution is 6.02. The molecule has 0 aliphatic rings. The van der Waals surface area contributed by atoms with Crippen LogP contribution >= 0.6 is 0 Å². The Morgan fingerprint density at radius 3 is 2.43 bits per heavy atom. The Kier molecular flexibility index (Phi) is 8.94. The van der Waals surface area contributed by atoms with E-state index in [1.54, 1.807) is 49.6 Å². The molecule has 0 aromatic heterocycles. The fourth-order valence-electron chi connectivity index (χ4n) is 2.58. The minimum absolute atomic E-state index is 0.282. The third-order valence-electron chi connectivity index (χ3n) is 4.23. The highest BCUT2D eigenvalue weighted by atomic mass is 16.5. The number of methoxy groups -OCH3 is 1. The number of nitrogens with one attached hydrogen (secondary N) is 1. The molecule has 0 saturated heterocycles. The van der Waals surface area contributed by atoms with E-state index in [0.29, 0.717) is 41.9 Å². The van der Waals surface area contributed by atoms with Crippen molar-refractivity contribution in [1.29, 1.82) is 0 Å². The standard InChI is InChI=1S/C24H29NO5/c1-5-29-21-12-6-18(16-22(21)28-4)7-13-23(26)25-20-10-8-19(9-11-20)24(27)30-15-14-17(2)3/h6-13,16-17H,5,14-15H2,1-4H3,(H,25,26)/b13-7+. The van der Waals surface area contributed by atoms with E-state index in [1.165, 1.54) is 6.08 Å². The number of carbonyl (C=O) groups is 2. The summed E-state index contributed by atoms with van der Waals surface area (Å²) in [6.45, 7) is 7.00. The molecule has 0 aliphatic heterocycles. The number of benzene rings is 2. The van der Waals surface area contributed by atoms with Crippen molar-refractivity contribution < 1.29 is 23.8 Å². The summed E-state index contributed by atoms with van der Waals surface area (Å²) >= 11 is 0. The predicted molar refractivity (Wildman–Crippen MR) is 118 cm³/mol. The minimum atomic E-state index is -0.363. The maximum Gasteiger partial charge on any atom is 0.338 e. The lowest BCUT2D eigenvalue weighted by Gasteiger charge is -2.09. The molecule has 0 heterocycles. The summed E-state index contributed by atoms with van der Waals surface area (Å²) in [7, 11) is 1.57. The zero-order chi connectivity index (χ0) is 21.9. The van der Waals surface area contributed by atoms with Gasteiger partial charge in [0.25, 0.3) is 0 Å². The molecule has 1 N–H and O–H groups in total. The molecule has 2 aromatic carbocycles. The largest absolute Gasteiger partial charge is 0.493 e. The number of rotatable bonds is 10. The molecule has 0 aliphatic carbocycles. The zero-order valence-corrected chi connectivity index (χ0v) is 17.9. The van der Waals surface area contributed by atoms with Crippen LogP contribution in [0.4, 0.5) is 5.69 Å². The molecule has 2 rings (SSSR count). The second-order valence-corrected chi connectivity index (χ2v) is 7.06. The lowest BCUT2D eigenvalue weighted by molar-refractivity contribution is -0.111. The third-order valence-corrected chi connectivity index (χ3v) is 4.23. The van der Waals surface area contributed by atoms with E-state index in [1.807, 2.05) is 13.0 Å². The lowest BCUT2D eigenvalue weighted by Crippen LogP contribution is -2.10. The van der Waals surface area contributed by atoms with Crippen LogP contribution in [-0.2, 0) is 9.53 Å². The van der Waals surface area contributed by atoms with Crippen molar-refractivity contribution in [3.8, 4) is 11.5 Å². The fraction of sp³-hybridized carbons (Fsp3) is 0.333. The van der Waals surface area contributed by atoms with Gasteiger partial charge in [0.15, 0.2) is 11.5 Å². The van der Waals surface area contributed by atoms with Crippen molar-refractivity contribution >= 4 is 23.6 Å². The zero-order valence-electron chi connectivity index (χ0n) is 17.9. The summed E-state index contributed by atoms with van der Waals surface area (Å²) in [6.07, 6.45) is 3.95. The lowest BCUT2D eigenvalue weighted by atomic mass is 10.1. The number of carbonyl (C=O) groups excluding carboxylic acids is 2. The first-order valence-corrected chi connectivity index (χ1v) is 10.00. The Hall–Kier alpha value is -3.28. The van der Waals surface area contributed by atoms with E-state index in [0.717, 1.165) is 12.0 Å². The van der Waals surface area contributed by atoms with E-state index in [9.17, 15) is 9.59 Å². The van der Waals surface area contributed by atoms with Gasteiger partial charge in [-0.15, -0.1) is 0 Å². The number of hydrogen-bond acceptors (Lipinski definition) is 5. The SMILES string of the molecule is CCOc1ccc(/C=C/C(=O)Nc2ccc(C(=O)OCCC(C)C)cc2)cc1OC. The van der Waals surface area contributed by atoms with Crippen molar-refractivity contribution in [2.45, 2.75) is 27.2 Å². The van der Waals surface area contributed by atoms with E-state index in [4.69, 9.17) is 14.2 Å². The van der Waals surface area contributed by atoms with Crippen LogP contribution in [0.1, 0.15) is 43.1 Å². The number of amides is 1. The first kappa shape index (κ1) is 23.0. The highest BCUT2D eigenvalue weighted by Gasteiger charge is 2.08. The van der Waals surface area contributed by atoms with Gasteiger partial charge in [-0.2, -0.15) is 0 Å². The van der Waals surface area contributed by atoms with Gasteiger partial charge in [0, 0.05) is 11.8 Å². The van der Waals surface area contributed by atoms with Crippen LogP contribution in [0.5, 0.6) is 11.5 Å². The molecule has 30 heavy (non-hydrogen) atoms. The van der Waals surface area contributed by atoms with Crippen molar-refractivity contribution in [3.63, 3.8) is 0 Å². The smallest absolute Gasteiger partial charge is 0.338 e. The number of esters is 1. The van der Waals surface area contributed by atoms with E-state index in [-0.39, 0.29) is 11.9 Å². The molecule has 6 nitrogen and oxygen atoms in total. The molecule has 0 bridgehead atoms. The number of ether oxygens (including phenoxy) is 3. The van der Waals surface area contributed by atoms with Crippen LogP contribution in [0.2, 0.25) is 0 Å². The summed E-state index contributed by atoms with van der Waals surface area (Å²) < 4.78 is 16.0. The van der Waals surface area contributed by atoms with E-state index >= 15 is 0 Å². The van der Waals surface area contributed by atoms with Crippen LogP contribution < -0.4 is 14.8 Å². The molecule has 0 radical (unpaired) electrons. The molecule has 0 spiro atoms. The second-order valence-electron chi connectivity index (χ2n) is 7.06. The molecule has 0 fully saturated rings. The normalized spacial score (nSPS) is 10.8. The summed E-state index contributed by atoms with van der Waals surface area (Å²) in [5.74, 6) is 1.10. The van der Waals surface area contributed by atoms with E-state index < -0.39 is 0 Å². The average molecular weight is 411 g/mol. The predicted octanol–water partition coefficient (Wildman–Crippen LogP) is 4.95. The van der Waals surface area contributed by atoms with Gasteiger partial charge in [0.2, 0.25) is 5.91 Å². The second kappa shape index (κ2) is 11.7. The van der Waals surface area contributed by atoms with Crippen LogP contribution in [0.15, 0.2) is 48.5 Å². The van der Waals surface area contributed by atoms with Crippen LogP contribution in [0.25, 0.3) is 6.08 Å². The maximum absolute atomic E-state index is 12.2. The Bertz CT molecular complexity index is 872. The summed E-state index contributed by atoms with van der Waals surface area (Å²) in [6, 6.07) is 12.1. The maximum atomic E-state index is 12.2. The van der Waals surface area contributed by atoms with Gasteiger partial charge >= 0.3 is 5.97 Å². The molecule has 0 atom stereocenters. The Balaban J connectivity index is 1.92. The first-order chi connectivity index (χ1) is 14.4. The van der Waals surface area contributed by atoms with Gasteiger partial charge < -0.3 is 19.5 Å². The van der Waals surface area contributed by atoms with Crippen LogP contribution in [-0.4, -0.2) is 32.2 Å².